The second-order valence-electron chi connectivity index (χ2n) is 7.53. The molecule has 0 spiro atoms. The van der Waals surface area contributed by atoms with Gasteiger partial charge in [0.1, 0.15) is 5.82 Å². The predicted molar refractivity (Wildman–Crippen MR) is 110 cm³/mol. The number of rotatable bonds is 7. The molecule has 0 aromatic heterocycles. The standard InChI is InChI=1S/C20H29FN4OS/c21-15-6-7-18-17(12-15)14(13-24-18)9-11-25(16-4-2-1-3-5-16)20(27)23-10-8-19(22)26/h6-7,12,14,16,24H,1-5,8-11,13H2,(H2,22,26)(H,23,27). The van der Waals surface area contributed by atoms with E-state index in [-0.39, 0.29) is 24.1 Å². The number of nitrogens with zero attached hydrogens (tertiary/aromatic N) is 1. The van der Waals surface area contributed by atoms with Gasteiger partial charge in [-0.05, 0) is 55.2 Å². The summed E-state index contributed by atoms with van der Waals surface area (Å²) in [5.41, 5.74) is 7.32. The third kappa shape index (κ3) is 5.31. The van der Waals surface area contributed by atoms with Crippen molar-refractivity contribution >= 4 is 28.9 Å². The first kappa shape index (κ1) is 19.9. The van der Waals surface area contributed by atoms with Crippen molar-refractivity contribution in [3.05, 3.63) is 29.6 Å². The molecule has 5 nitrogen and oxygen atoms in total. The molecule has 0 radical (unpaired) electrons. The summed E-state index contributed by atoms with van der Waals surface area (Å²) in [6, 6.07) is 5.41. The zero-order valence-electron chi connectivity index (χ0n) is 15.7. The Bertz CT molecular complexity index is 678. The smallest absolute Gasteiger partial charge is 0.219 e. The molecule has 1 unspecified atom stereocenters. The largest absolute Gasteiger partial charge is 0.384 e. The van der Waals surface area contributed by atoms with Gasteiger partial charge in [-0.1, -0.05) is 19.3 Å². The van der Waals surface area contributed by atoms with Crippen molar-refractivity contribution in [2.45, 2.75) is 56.9 Å². The number of hydrogen-bond acceptors (Lipinski definition) is 3. The highest BCUT2D eigenvalue weighted by Crippen LogP contribution is 2.34. The number of thiocarbonyl (C=S) groups is 1. The highest BCUT2D eigenvalue weighted by atomic mass is 32.1. The summed E-state index contributed by atoms with van der Waals surface area (Å²) in [7, 11) is 0. The van der Waals surface area contributed by atoms with Gasteiger partial charge in [0.05, 0.1) is 0 Å². The maximum absolute atomic E-state index is 13.7. The summed E-state index contributed by atoms with van der Waals surface area (Å²) in [5.74, 6) is -0.226. The number of primary amides is 1. The highest BCUT2D eigenvalue weighted by molar-refractivity contribution is 7.80. The molecular weight excluding hydrogens is 363 g/mol. The van der Waals surface area contributed by atoms with E-state index >= 15 is 0 Å². The average molecular weight is 393 g/mol. The van der Waals surface area contributed by atoms with Crippen molar-refractivity contribution in [2.75, 3.05) is 25.0 Å². The minimum absolute atomic E-state index is 0.185. The van der Waals surface area contributed by atoms with E-state index in [2.05, 4.69) is 15.5 Å². The number of carbonyl (C=O) groups is 1. The Labute approximate surface area is 165 Å². The zero-order chi connectivity index (χ0) is 19.2. The van der Waals surface area contributed by atoms with Crippen LogP contribution in [0.3, 0.4) is 0 Å². The molecule has 148 valence electrons. The molecule has 1 atom stereocenters. The summed E-state index contributed by atoms with van der Waals surface area (Å²) in [6.45, 7) is 2.13. The third-order valence-electron chi connectivity index (χ3n) is 5.63. The molecule has 7 heteroatoms. The Balaban J connectivity index is 1.62. The van der Waals surface area contributed by atoms with E-state index in [9.17, 15) is 9.18 Å². The van der Waals surface area contributed by atoms with Gasteiger partial charge >= 0.3 is 0 Å². The number of fused-ring (bicyclic) bond motifs is 1. The molecular formula is C20H29FN4OS. The van der Waals surface area contributed by atoms with E-state index in [4.69, 9.17) is 18.0 Å². The predicted octanol–water partition coefficient (Wildman–Crippen LogP) is 3.11. The molecule has 3 rings (SSSR count). The molecule has 1 aliphatic heterocycles. The Morgan fingerprint density at radius 3 is 2.85 bits per heavy atom. The lowest BCUT2D eigenvalue weighted by atomic mass is 9.93. The summed E-state index contributed by atoms with van der Waals surface area (Å²) in [5, 5.41) is 7.27. The molecule has 0 bridgehead atoms. The minimum atomic E-state index is -0.329. The lowest BCUT2D eigenvalue weighted by molar-refractivity contribution is -0.117. The van der Waals surface area contributed by atoms with Crippen LogP contribution in [0.2, 0.25) is 0 Å². The van der Waals surface area contributed by atoms with Gasteiger partial charge in [-0.15, -0.1) is 0 Å². The molecule has 1 amide bonds. The summed E-state index contributed by atoms with van der Waals surface area (Å²) in [6.07, 6.45) is 7.21. The fourth-order valence-corrected chi connectivity index (χ4v) is 4.51. The number of hydrogen-bond donors (Lipinski definition) is 3. The van der Waals surface area contributed by atoms with Crippen LogP contribution in [0, 0.1) is 5.82 Å². The quantitative estimate of drug-likeness (QED) is 0.622. The van der Waals surface area contributed by atoms with E-state index in [0.717, 1.165) is 43.6 Å². The minimum Gasteiger partial charge on any atom is -0.384 e. The van der Waals surface area contributed by atoms with Gasteiger partial charge < -0.3 is 21.3 Å². The van der Waals surface area contributed by atoms with Crippen molar-refractivity contribution in [1.82, 2.24) is 10.2 Å². The van der Waals surface area contributed by atoms with Crippen LogP contribution < -0.4 is 16.4 Å². The molecule has 2 aliphatic rings. The highest BCUT2D eigenvalue weighted by Gasteiger charge is 2.27. The SMILES string of the molecule is NC(=O)CCNC(=S)N(CCC1CNc2ccc(F)cc21)C1CCCCC1. The van der Waals surface area contributed by atoms with Crippen LogP contribution in [0.15, 0.2) is 18.2 Å². The summed E-state index contributed by atoms with van der Waals surface area (Å²) in [4.78, 5) is 13.3. The number of halogens is 1. The van der Waals surface area contributed by atoms with Crippen LogP contribution in [0.1, 0.15) is 56.4 Å². The van der Waals surface area contributed by atoms with Crippen molar-refractivity contribution in [3.63, 3.8) is 0 Å². The van der Waals surface area contributed by atoms with Gasteiger partial charge in [0.15, 0.2) is 5.11 Å². The first-order valence-corrected chi connectivity index (χ1v) is 10.3. The maximum Gasteiger partial charge on any atom is 0.219 e. The summed E-state index contributed by atoms with van der Waals surface area (Å²) >= 11 is 5.63. The fraction of sp³-hybridized carbons (Fsp3) is 0.600. The monoisotopic (exact) mass is 392 g/mol. The van der Waals surface area contributed by atoms with E-state index < -0.39 is 0 Å². The lowest BCUT2D eigenvalue weighted by Gasteiger charge is -2.37. The van der Waals surface area contributed by atoms with Gasteiger partial charge in [0.25, 0.3) is 0 Å². The van der Waals surface area contributed by atoms with Crippen LogP contribution in [-0.4, -0.2) is 41.6 Å². The van der Waals surface area contributed by atoms with Crippen molar-refractivity contribution in [3.8, 4) is 0 Å². The van der Waals surface area contributed by atoms with E-state index in [0.29, 0.717) is 17.7 Å². The van der Waals surface area contributed by atoms with Crippen molar-refractivity contribution in [2.24, 2.45) is 5.73 Å². The van der Waals surface area contributed by atoms with E-state index in [1.165, 1.54) is 25.3 Å². The molecule has 1 aromatic carbocycles. The molecule has 0 saturated heterocycles. The van der Waals surface area contributed by atoms with Gasteiger partial charge in [-0.3, -0.25) is 4.79 Å². The molecule has 27 heavy (non-hydrogen) atoms. The fourth-order valence-electron chi connectivity index (χ4n) is 4.16. The van der Waals surface area contributed by atoms with Crippen LogP contribution in [0.4, 0.5) is 10.1 Å². The Hall–Kier alpha value is -1.89. The van der Waals surface area contributed by atoms with Crippen molar-refractivity contribution in [1.29, 1.82) is 0 Å². The van der Waals surface area contributed by atoms with Crippen LogP contribution in [0.25, 0.3) is 0 Å². The van der Waals surface area contributed by atoms with Crippen LogP contribution >= 0.6 is 12.2 Å². The Morgan fingerprint density at radius 2 is 2.11 bits per heavy atom. The first-order valence-electron chi connectivity index (χ1n) is 9.90. The summed E-state index contributed by atoms with van der Waals surface area (Å²) < 4.78 is 13.7. The normalized spacial score (nSPS) is 19.2. The molecule has 1 heterocycles. The molecule has 4 N–H and O–H groups in total. The van der Waals surface area contributed by atoms with Gasteiger partial charge in [0, 0.05) is 43.7 Å². The van der Waals surface area contributed by atoms with Gasteiger partial charge in [-0.2, -0.15) is 0 Å². The second kappa shape index (κ2) is 9.35. The Morgan fingerprint density at radius 1 is 1.33 bits per heavy atom. The number of benzene rings is 1. The lowest BCUT2D eigenvalue weighted by Crippen LogP contribution is -2.48. The third-order valence-corrected chi connectivity index (χ3v) is 6.01. The first-order chi connectivity index (χ1) is 13.0. The van der Waals surface area contributed by atoms with Gasteiger partial charge in [-0.25, -0.2) is 4.39 Å². The Kier molecular flexibility index (Phi) is 6.88. The van der Waals surface area contributed by atoms with Crippen LogP contribution in [-0.2, 0) is 4.79 Å². The second-order valence-corrected chi connectivity index (χ2v) is 7.92. The van der Waals surface area contributed by atoms with Crippen LogP contribution in [0.5, 0.6) is 0 Å². The number of amides is 1. The van der Waals surface area contributed by atoms with E-state index in [1.807, 2.05) is 6.07 Å². The number of anilines is 1. The number of nitrogens with two attached hydrogens (primary N) is 1. The van der Waals surface area contributed by atoms with E-state index in [1.54, 1.807) is 6.07 Å². The topological polar surface area (TPSA) is 70.4 Å². The maximum atomic E-state index is 13.7. The molecule has 1 aromatic rings. The zero-order valence-corrected chi connectivity index (χ0v) is 16.5. The molecule has 1 fully saturated rings. The average Bonchev–Trinajstić information content (AvgIpc) is 3.04. The molecule has 1 saturated carbocycles. The van der Waals surface area contributed by atoms with Gasteiger partial charge in [0.2, 0.25) is 5.91 Å². The number of nitrogens with one attached hydrogen (secondary N) is 2. The molecule has 1 aliphatic carbocycles. The number of carbonyl (C=O) groups excluding carboxylic acids is 1. The van der Waals surface area contributed by atoms with Crippen molar-refractivity contribution < 1.29 is 9.18 Å².